The van der Waals surface area contributed by atoms with Gasteiger partial charge in [0.15, 0.2) is 0 Å². The minimum Gasteiger partial charge on any atom is -0.492 e. The largest absolute Gasteiger partial charge is 0.492 e. The fourth-order valence-corrected chi connectivity index (χ4v) is 3.51. The number of anilines is 2. The van der Waals surface area contributed by atoms with E-state index in [0.29, 0.717) is 48.9 Å². The van der Waals surface area contributed by atoms with Gasteiger partial charge in [-0.1, -0.05) is 30.3 Å². The van der Waals surface area contributed by atoms with E-state index in [1.54, 1.807) is 36.4 Å². The fraction of sp³-hybridized carbons (Fsp3) is 0.296. The average molecular weight is 494 g/mol. The van der Waals surface area contributed by atoms with Crippen LogP contribution >= 0.6 is 0 Å². The molecule has 36 heavy (non-hydrogen) atoms. The second-order valence-electron chi connectivity index (χ2n) is 8.33. The number of ether oxygens (including phenoxy) is 2. The van der Waals surface area contributed by atoms with Crippen molar-refractivity contribution < 1.29 is 29.3 Å². The number of pyridine rings is 1. The van der Waals surface area contributed by atoms with Crippen LogP contribution in [0.4, 0.5) is 11.6 Å². The number of aromatic nitrogens is 1. The molecule has 2 N–H and O–H groups in total. The maximum atomic E-state index is 10.9. The predicted octanol–water partition coefficient (Wildman–Crippen LogP) is 3.37. The first-order valence-corrected chi connectivity index (χ1v) is 11.6. The molecule has 0 fully saturated rings. The first-order valence-electron chi connectivity index (χ1n) is 11.6. The van der Waals surface area contributed by atoms with Gasteiger partial charge in [0.1, 0.15) is 36.3 Å². The van der Waals surface area contributed by atoms with Crippen molar-refractivity contribution in [1.82, 2.24) is 4.98 Å². The van der Waals surface area contributed by atoms with Crippen molar-refractivity contribution >= 4 is 23.6 Å². The Kier molecular flexibility index (Phi) is 9.50. The van der Waals surface area contributed by atoms with E-state index in [2.05, 4.69) is 0 Å². The van der Waals surface area contributed by atoms with Crippen LogP contribution in [0.15, 0.2) is 66.7 Å². The summed E-state index contributed by atoms with van der Waals surface area (Å²) in [6.45, 7) is 2.03. The van der Waals surface area contributed by atoms with Crippen LogP contribution in [-0.2, 0) is 22.4 Å². The number of carboxylic acid groups (broad SMARTS) is 2. The summed E-state index contributed by atoms with van der Waals surface area (Å²) in [7, 11) is 3.87. The second-order valence-corrected chi connectivity index (χ2v) is 8.33. The summed E-state index contributed by atoms with van der Waals surface area (Å²) in [6, 6.07) is 20.0. The number of carboxylic acids is 2. The first kappa shape index (κ1) is 26.3. The topological polar surface area (TPSA) is 112 Å². The summed E-state index contributed by atoms with van der Waals surface area (Å²) < 4.78 is 11.6. The number of rotatable bonds is 14. The molecular weight excluding hydrogens is 462 g/mol. The molecule has 0 aliphatic rings. The number of likely N-dealkylation sites (N-methyl/N-ethyl adjacent to an activating group) is 2. The van der Waals surface area contributed by atoms with Gasteiger partial charge in [0.2, 0.25) is 0 Å². The molecule has 9 nitrogen and oxygen atoms in total. The minimum atomic E-state index is -0.876. The van der Waals surface area contributed by atoms with E-state index in [4.69, 9.17) is 24.7 Å². The molecule has 2 aromatic carbocycles. The van der Waals surface area contributed by atoms with Crippen molar-refractivity contribution in [2.75, 3.05) is 50.2 Å². The lowest BCUT2D eigenvalue weighted by Crippen LogP contribution is -2.27. The molecule has 0 aliphatic heterocycles. The molecule has 0 bridgehead atoms. The Labute approximate surface area is 210 Å². The summed E-state index contributed by atoms with van der Waals surface area (Å²) >= 11 is 0. The number of nitrogens with zero attached hydrogens (tertiary/aromatic N) is 3. The normalized spacial score (nSPS) is 10.5. The van der Waals surface area contributed by atoms with Crippen LogP contribution in [-0.4, -0.2) is 67.5 Å². The highest BCUT2D eigenvalue weighted by molar-refractivity contribution is 5.70. The van der Waals surface area contributed by atoms with Crippen LogP contribution in [0.3, 0.4) is 0 Å². The zero-order valence-electron chi connectivity index (χ0n) is 20.5. The maximum Gasteiger partial charge on any atom is 0.307 e. The highest BCUT2D eigenvalue weighted by Gasteiger charge is 2.09. The summed E-state index contributed by atoms with van der Waals surface area (Å²) in [5.41, 5.74) is 1.39. The molecule has 0 saturated heterocycles. The third kappa shape index (κ3) is 8.50. The van der Waals surface area contributed by atoms with E-state index >= 15 is 0 Å². The number of hydrogen-bond acceptors (Lipinski definition) is 7. The Hall–Kier alpha value is -4.27. The molecular formula is C27H31N3O6. The molecule has 1 aromatic heterocycles. The van der Waals surface area contributed by atoms with E-state index in [9.17, 15) is 9.59 Å². The lowest BCUT2D eigenvalue weighted by molar-refractivity contribution is -0.137. The highest BCUT2D eigenvalue weighted by atomic mass is 16.5. The van der Waals surface area contributed by atoms with Crippen molar-refractivity contribution in [1.29, 1.82) is 0 Å². The Bertz CT molecular complexity index is 1080. The van der Waals surface area contributed by atoms with Crippen molar-refractivity contribution in [2.24, 2.45) is 0 Å². The molecule has 190 valence electrons. The molecule has 0 aliphatic carbocycles. The van der Waals surface area contributed by atoms with Gasteiger partial charge in [0.05, 0.1) is 25.9 Å². The van der Waals surface area contributed by atoms with E-state index in [-0.39, 0.29) is 12.8 Å². The molecule has 3 rings (SSSR count). The van der Waals surface area contributed by atoms with Gasteiger partial charge >= 0.3 is 11.9 Å². The van der Waals surface area contributed by atoms with Crippen LogP contribution in [0.25, 0.3) is 0 Å². The summed E-state index contributed by atoms with van der Waals surface area (Å²) in [5.74, 6) is 1.11. The number of carbonyl (C=O) groups is 2. The standard InChI is InChI=1S/C27H31N3O6/c1-29(12-14-35-22-8-3-6-20(16-22)18-26(31)32)24-10-5-11-25(28-24)30(2)13-15-36-23-9-4-7-21(17-23)19-27(33)34/h3-11,16-17H,12-15,18-19H2,1-2H3,(H,31,32)(H,33,34). The number of hydrogen-bond donors (Lipinski definition) is 2. The number of aliphatic carboxylic acids is 2. The van der Waals surface area contributed by atoms with E-state index in [1.165, 1.54) is 0 Å². The summed E-state index contributed by atoms with van der Waals surface area (Å²) in [6.07, 6.45) is -0.0764. The van der Waals surface area contributed by atoms with Gasteiger partial charge in [0, 0.05) is 14.1 Å². The average Bonchev–Trinajstić information content (AvgIpc) is 2.83. The van der Waals surface area contributed by atoms with Crippen LogP contribution in [0.5, 0.6) is 11.5 Å². The molecule has 0 unspecified atom stereocenters. The van der Waals surface area contributed by atoms with Crippen molar-refractivity contribution in [3.8, 4) is 11.5 Å². The zero-order chi connectivity index (χ0) is 25.9. The molecule has 0 saturated carbocycles. The van der Waals surface area contributed by atoms with Gasteiger partial charge in [-0.3, -0.25) is 9.59 Å². The SMILES string of the molecule is CN(CCOc1cccc(CC(=O)O)c1)c1cccc(N(C)CCOc2cccc(CC(=O)O)c2)n1. The molecule has 0 radical (unpaired) electrons. The molecule has 0 atom stereocenters. The van der Waals surface area contributed by atoms with Gasteiger partial charge in [-0.15, -0.1) is 0 Å². The van der Waals surface area contributed by atoms with Gasteiger partial charge in [-0.05, 0) is 47.5 Å². The monoisotopic (exact) mass is 493 g/mol. The van der Waals surface area contributed by atoms with Gasteiger partial charge in [-0.25, -0.2) is 4.98 Å². The molecule has 0 spiro atoms. The van der Waals surface area contributed by atoms with Crippen molar-refractivity contribution in [3.05, 3.63) is 77.9 Å². The zero-order valence-corrected chi connectivity index (χ0v) is 20.5. The molecule has 9 heteroatoms. The maximum absolute atomic E-state index is 10.9. The van der Waals surface area contributed by atoms with Gasteiger partial charge in [-0.2, -0.15) is 0 Å². The lowest BCUT2D eigenvalue weighted by atomic mass is 10.1. The third-order valence-corrected chi connectivity index (χ3v) is 5.40. The minimum absolute atomic E-state index is 0.0382. The Balaban J connectivity index is 1.48. The lowest BCUT2D eigenvalue weighted by Gasteiger charge is -2.22. The quantitative estimate of drug-likeness (QED) is 0.349. The Morgan fingerprint density at radius 2 is 1.14 bits per heavy atom. The third-order valence-electron chi connectivity index (χ3n) is 5.40. The van der Waals surface area contributed by atoms with Gasteiger partial charge < -0.3 is 29.5 Å². The van der Waals surface area contributed by atoms with E-state index < -0.39 is 11.9 Å². The van der Waals surface area contributed by atoms with Crippen LogP contribution in [0.1, 0.15) is 11.1 Å². The molecule has 3 aromatic rings. The van der Waals surface area contributed by atoms with Crippen LogP contribution in [0.2, 0.25) is 0 Å². The van der Waals surface area contributed by atoms with Crippen molar-refractivity contribution in [2.45, 2.75) is 12.8 Å². The Morgan fingerprint density at radius 3 is 1.56 bits per heavy atom. The Morgan fingerprint density at radius 1 is 0.722 bits per heavy atom. The summed E-state index contributed by atoms with van der Waals surface area (Å²) in [4.78, 5) is 30.5. The smallest absolute Gasteiger partial charge is 0.307 e. The van der Waals surface area contributed by atoms with E-state index in [1.807, 2.05) is 54.2 Å². The van der Waals surface area contributed by atoms with Crippen LogP contribution < -0.4 is 19.3 Å². The number of benzene rings is 2. The van der Waals surface area contributed by atoms with Crippen molar-refractivity contribution in [3.63, 3.8) is 0 Å². The summed E-state index contributed by atoms with van der Waals surface area (Å²) in [5, 5.41) is 17.9. The first-order chi connectivity index (χ1) is 17.3. The van der Waals surface area contributed by atoms with Crippen LogP contribution in [0, 0.1) is 0 Å². The molecule has 1 heterocycles. The highest BCUT2D eigenvalue weighted by Crippen LogP contribution is 2.18. The van der Waals surface area contributed by atoms with E-state index in [0.717, 1.165) is 11.6 Å². The predicted molar refractivity (Wildman–Crippen MR) is 137 cm³/mol. The fourth-order valence-electron chi connectivity index (χ4n) is 3.51. The molecule has 0 amide bonds. The second kappa shape index (κ2) is 13.0. The van der Waals surface area contributed by atoms with Gasteiger partial charge in [0.25, 0.3) is 0 Å².